The average molecular weight is 374 g/mol. The van der Waals surface area contributed by atoms with E-state index in [1.54, 1.807) is 6.07 Å². The lowest BCUT2D eigenvalue weighted by molar-refractivity contribution is 0.240. The molecule has 0 bridgehead atoms. The van der Waals surface area contributed by atoms with Gasteiger partial charge in [0.15, 0.2) is 11.6 Å². The van der Waals surface area contributed by atoms with Crippen LogP contribution in [0.1, 0.15) is 49.4 Å². The first-order valence-electron chi connectivity index (χ1n) is 9.44. The zero-order chi connectivity index (χ0) is 19.8. The largest absolute Gasteiger partial charge is 0.299 e. The van der Waals surface area contributed by atoms with Gasteiger partial charge in [-0.15, -0.1) is 0 Å². The molecule has 0 radical (unpaired) electrons. The predicted molar refractivity (Wildman–Crippen MR) is 105 cm³/mol. The van der Waals surface area contributed by atoms with Crippen LogP contribution in [-0.4, -0.2) is 18.0 Å². The van der Waals surface area contributed by atoms with Crippen LogP contribution in [0.3, 0.4) is 0 Å². The van der Waals surface area contributed by atoms with Crippen LogP contribution in [0.5, 0.6) is 0 Å². The lowest BCUT2D eigenvalue weighted by Gasteiger charge is -2.24. The highest BCUT2D eigenvalue weighted by atomic mass is 19.2. The highest BCUT2D eigenvalue weighted by Gasteiger charge is 2.16. The van der Waals surface area contributed by atoms with E-state index < -0.39 is 17.7 Å². The van der Waals surface area contributed by atoms with Crippen molar-refractivity contribution in [1.82, 2.24) is 4.90 Å². The second-order valence-electron chi connectivity index (χ2n) is 7.53. The molecular weight excluding hydrogens is 346 g/mol. The van der Waals surface area contributed by atoms with Gasteiger partial charge in [0, 0.05) is 13.1 Å². The molecule has 0 heterocycles. The van der Waals surface area contributed by atoms with E-state index >= 15 is 0 Å². The Morgan fingerprint density at radius 3 is 2.22 bits per heavy atom. The Morgan fingerprint density at radius 1 is 0.963 bits per heavy atom. The third kappa shape index (κ3) is 6.83. The maximum atomic E-state index is 13.5. The maximum absolute atomic E-state index is 13.5. The van der Waals surface area contributed by atoms with Crippen LogP contribution in [0.2, 0.25) is 0 Å². The van der Waals surface area contributed by atoms with E-state index in [0.717, 1.165) is 35.7 Å². The number of halogens is 2. The molecule has 2 rings (SSSR count). The van der Waals surface area contributed by atoms with Crippen LogP contribution >= 0.6 is 0 Å². The Hall–Kier alpha value is -2.14. The standard InChI is InChI=1S/C22H28F2N2O/c1-16(2)10-12-26(15-18-6-9-20(23)21(24)14-18)13-11-22(25-27)19-7-4-17(3)5-8-19/h4-9,14,16,22H,10-13,15H2,1-3H3. The van der Waals surface area contributed by atoms with Crippen molar-refractivity contribution in [2.45, 2.75) is 46.2 Å². The molecule has 5 heteroatoms. The number of nitrogens with zero attached hydrogens (tertiary/aromatic N) is 2. The Bertz CT molecular complexity index is 732. The summed E-state index contributed by atoms with van der Waals surface area (Å²) in [6.45, 7) is 8.31. The van der Waals surface area contributed by atoms with Gasteiger partial charge < -0.3 is 0 Å². The monoisotopic (exact) mass is 374 g/mol. The lowest BCUT2D eigenvalue weighted by atomic mass is 10.0. The minimum Gasteiger partial charge on any atom is -0.299 e. The van der Waals surface area contributed by atoms with Crippen LogP contribution < -0.4 is 0 Å². The van der Waals surface area contributed by atoms with Gasteiger partial charge in [-0.05, 0) is 55.5 Å². The Labute approximate surface area is 160 Å². The van der Waals surface area contributed by atoms with E-state index in [-0.39, 0.29) is 0 Å². The van der Waals surface area contributed by atoms with Crippen molar-refractivity contribution in [2.75, 3.05) is 13.1 Å². The van der Waals surface area contributed by atoms with E-state index in [4.69, 9.17) is 0 Å². The van der Waals surface area contributed by atoms with Gasteiger partial charge in [-0.1, -0.05) is 54.9 Å². The van der Waals surface area contributed by atoms with Gasteiger partial charge >= 0.3 is 0 Å². The summed E-state index contributed by atoms with van der Waals surface area (Å²) in [5, 5.41) is 3.30. The van der Waals surface area contributed by atoms with Gasteiger partial charge in [0.25, 0.3) is 0 Å². The van der Waals surface area contributed by atoms with Crippen molar-refractivity contribution in [1.29, 1.82) is 0 Å². The van der Waals surface area contributed by atoms with Crippen molar-refractivity contribution in [3.05, 3.63) is 75.7 Å². The van der Waals surface area contributed by atoms with E-state index in [1.807, 2.05) is 31.2 Å². The summed E-state index contributed by atoms with van der Waals surface area (Å²) in [7, 11) is 0. The van der Waals surface area contributed by atoms with Crippen molar-refractivity contribution in [2.24, 2.45) is 11.1 Å². The van der Waals surface area contributed by atoms with Crippen molar-refractivity contribution < 1.29 is 8.78 Å². The first-order chi connectivity index (χ1) is 12.9. The number of rotatable bonds is 10. The summed E-state index contributed by atoms with van der Waals surface area (Å²) >= 11 is 0. The third-order valence-electron chi connectivity index (χ3n) is 4.72. The van der Waals surface area contributed by atoms with Gasteiger partial charge in [-0.25, -0.2) is 8.78 Å². The fourth-order valence-electron chi connectivity index (χ4n) is 2.98. The fourth-order valence-corrected chi connectivity index (χ4v) is 2.98. The van der Waals surface area contributed by atoms with Crippen LogP contribution in [0.15, 0.2) is 47.6 Å². The second-order valence-corrected chi connectivity index (χ2v) is 7.53. The normalized spacial score (nSPS) is 12.6. The molecule has 0 aromatic heterocycles. The fraction of sp³-hybridized carbons (Fsp3) is 0.455. The van der Waals surface area contributed by atoms with Crippen LogP contribution in [0.4, 0.5) is 8.78 Å². The molecule has 0 aliphatic rings. The average Bonchev–Trinajstić information content (AvgIpc) is 2.64. The molecule has 27 heavy (non-hydrogen) atoms. The first-order valence-corrected chi connectivity index (χ1v) is 9.44. The lowest BCUT2D eigenvalue weighted by Crippen LogP contribution is -2.27. The van der Waals surface area contributed by atoms with Crippen LogP contribution in [-0.2, 0) is 6.54 Å². The van der Waals surface area contributed by atoms with E-state index in [0.29, 0.717) is 25.4 Å². The summed E-state index contributed by atoms with van der Waals surface area (Å²) in [6, 6.07) is 11.4. The van der Waals surface area contributed by atoms with Crippen molar-refractivity contribution in [3.8, 4) is 0 Å². The Kier molecular flexibility index (Phi) is 8.04. The van der Waals surface area contributed by atoms with Gasteiger partial charge in [-0.2, -0.15) is 4.91 Å². The Balaban J connectivity index is 2.04. The summed E-state index contributed by atoms with van der Waals surface area (Å²) in [5.41, 5.74) is 2.77. The summed E-state index contributed by atoms with van der Waals surface area (Å²) < 4.78 is 26.7. The number of benzene rings is 2. The molecular formula is C22H28F2N2O. The van der Waals surface area contributed by atoms with Crippen LogP contribution in [0, 0.1) is 29.4 Å². The highest BCUT2D eigenvalue weighted by Crippen LogP contribution is 2.23. The molecule has 0 spiro atoms. The smallest absolute Gasteiger partial charge is 0.159 e. The molecule has 0 fully saturated rings. The minimum absolute atomic E-state index is 0.405. The van der Waals surface area contributed by atoms with E-state index in [2.05, 4.69) is 23.9 Å². The minimum atomic E-state index is -0.836. The second kappa shape index (κ2) is 10.3. The Morgan fingerprint density at radius 2 is 1.63 bits per heavy atom. The molecule has 0 aliphatic heterocycles. The molecule has 1 unspecified atom stereocenters. The molecule has 3 nitrogen and oxygen atoms in total. The number of nitroso groups, excluding NO2 is 1. The molecule has 2 aromatic carbocycles. The highest BCUT2D eigenvalue weighted by molar-refractivity contribution is 5.24. The van der Waals surface area contributed by atoms with Crippen LogP contribution in [0.25, 0.3) is 0 Å². The molecule has 2 aromatic rings. The zero-order valence-corrected chi connectivity index (χ0v) is 16.3. The molecule has 1 atom stereocenters. The number of aryl methyl sites for hydroxylation is 1. The predicted octanol–water partition coefficient (Wildman–Crippen LogP) is 6.02. The molecule has 0 aliphatic carbocycles. The summed E-state index contributed by atoms with van der Waals surface area (Å²) in [6.07, 6.45) is 1.59. The maximum Gasteiger partial charge on any atom is 0.159 e. The van der Waals surface area contributed by atoms with Crippen molar-refractivity contribution >= 4 is 0 Å². The first kappa shape index (κ1) is 21.2. The molecule has 0 saturated heterocycles. The quantitative estimate of drug-likeness (QED) is 0.476. The SMILES string of the molecule is Cc1ccc(C(CCN(CCC(C)C)Cc2ccc(F)c(F)c2)N=O)cc1. The molecule has 146 valence electrons. The number of hydrogen-bond donors (Lipinski definition) is 0. The van der Waals surface area contributed by atoms with Gasteiger partial charge in [0.2, 0.25) is 0 Å². The van der Waals surface area contributed by atoms with Gasteiger partial charge in [0.1, 0.15) is 6.04 Å². The summed E-state index contributed by atoms with van der Waals surface area (Å²) in [5.74, 6) is -1.13. The van der Waals surface area contributed by atoms with E-state index in [9.17, 15) is 13.7 Å². The topological polar surface area (TPSA) is 32.7 Å². The van der Waals surface area contributed by atoms with E-state index in [1.165, 1.54) is 6.07 Å². The molecule has 0 saturated carbocycles. The summed E-state index contributed by atoms with van der Waals surface area (Å²) in [4.78, 5) is 13.5. The molecule has 0 N–H and O–H groups in total. The zero-order valence-electron chi connectivity index (χ0n) is 16.3. The number of hydrogen-bond acceptors (Lipinski definition) is 3. The third-order valence-corrected chi connectivity index (χ3v) is 4.72. The van der Waals surface area contributed by atoms with Gasteiger partial charge in [0.05, 0.1) is 0 Å². The molecule has 0 amide bonds. The van der Waals surface area contributed by atoms with Crippen molar-refractivity contribution in [3.63, 3.8) is 0 Å². The van der Waals surface area contributed by atoms with Gasteiger partial charge in [-0.3, -0.25) is 4.90 Å².